The first kappa shape index (κ1) is 19.3. The zero-order chi connectivity index (χ0) is 20.1. The van der Waals surface area contributed by atoms with Crippen LogP contribution in [0.5, 0.6) is 0 Å². The van der Waals surface area contributed by atoms with E-state index in [-0.39, 0.29) is 17.9 Å². The smallest absolute Gasteiger partial charge is 0.227 e. The minimum absolute atomic E-state index is 0.0279. The lowest BCUT2D eigenvalue weighted by atomic mass is 10.1. The second-order valence-electron chi connectivity index (χ2n) is 6.67. The lowest BCUT2D eigenvalue weighted by molar-refractivity contribution is -0.131. The Labute approximate surface area is 164 Å². The van der Waals surface area contributed by atoms with E-state index in [1.54, 1.807) is 28.0 Å². The van der Waals surface area contributed by atoms with Crippen LogP contribution in [0.4, 0.5) is 5.69 Å². The van der Waals surface area contributed by atoms with Crippen molar-refractivity contribution in [2.75, 3.05) is 12.4 Å². The van der Waals surface area contributed by atoms with E-state index in [4.69, 9.17) is 0 Å². The SMILES string of the molecule is CC(=O)Nc1ccc(CC(=O)N(C)[C@H](C)c2ccc(-n3cncn3)cc2)cc1. The molecular weight excluding hydrogens is 354 g/mol. The van der Waals surface area contributed by atoms with Gasteiger partial charge >= 0.3 is 0 Å². The van der Waals surface area contributed by atoms with E-state index in [1.807, 2.05) is 50.4 Å². The molecule has 1 aromatic heterocycles. The molecule has 0 fully saturated rings. The van der Waals surface area contributed by atoms with Gasteiger partial charge in [0.05, 0.1) is 18.2 Å². The van der Waals surface area contributed by atoms with Gasteiger partial charge in [-0.25, -0.2) is 9.67 Å². The predicted octanol–water partition coefficient (Wildman–Crippen LogP) is 2.99. The number of carbonyl (C=O) groups excluding carboxylic acids is 2. The zero-order valence-corrected chi connectivity index (χ0v) is 16.2. The van der Waals surface area contributed by atoms with Gasteiger partial charge in [0, 0.05) is 19.7 Å². The molecule has 3 rings (SSSR count). The van der Waals surface area contributed by atoms with Crippen molar-refractivity contribution in [3.63, 3.8) is 0 Å². The van der Waals surface area contributed by atoms with E-state index in [9.17, 15) is 9.59 Å². The van der Waals surface area contributed by atoms with Crippen LogP contribution in [0.1, 0.15) is 31.0 Å². The van der Waals surface area contributed by atoms with E-state index in [1.165, 1.54) is 13.3 Å². The average molecular weight is 377 g/mol. The third-order valence-corrected chi connectivity index (χ3v) is 4.66. The Morgan fingerprint density at radius 2 is 1.79 bits per heavy atom. The maximum Gasteiger partial charge on any atom is 0.227 e. The van der Waals surface area contributed by atoms with Gasteiger partial charge in [-0.05, 0) is 42.3 Å². The Morgan fingerprint density at radius 1 is 1.11 bits per heavy atom. The first-order chi connectivity index (χ1) is 13.4. The third-order valence-electron chi connectivity index (χ3n) is 4.66. The molecular formula is C21H23N5O2. The van der Waals surface area contributed by atoms with Gasteiger partial charge in [-0.1, -0.05) is 24.3 Å². The highest BCUT2D eigenvalue weighted by Gasteiger charge is 2.18. The highest BCUT2D eigenvalue weighted by molar-refractivity contribution is 5.88. The van der Waals surface area contributed by atoms with Crippen molar-refractivity contribution >= 4 is 17.5 Å². The zero-order valence-electron chi connectivity index (χ0n) is 16.2. The molecule has 0 unspecified atom stereocenters. The number of nitrogens with zero attached hydrogens (tertiary/aromatic N) is 4. The van der Waals surface area contributed by atoms with Gasteiger partial charge in [-0.2, -0.15) is 5.10 Å². The summed E-state index contributed by atoms with van der Waals surface area (Å²) in [7, 11) is 1.81. The van der Waals surface area contributed by atoms with Crippen LogP contribution in [0.25, 0.3) is 5.69 Å². The summed E-state index contributed by atoms with van der Waals surface area (Å²) >= 11 is 0. The fourth-order valence-corrected chi connectivity index (χ4v) is 2.90. The number of hydrogen-bond acceptors (Lipinski definition) is 4. The van der Waals surface area contributed by atoms with Crippen molar-refractivity contribution in [2.45, 2.75) is 26.3 Å². The molecule has 0 spiro atoms. The highest BCUT2D eigenvalue weighted by atomic mass is 16.2. The number of nitrogens with one attached hydrogen (secondary N) is 1. The molecule has 0 saturated carbocycles. The van der Waals surface area contributed by atoms with Crippen LogP contribution < -0.4 is 5.32 Å². The molecule has 3 aromatic rings. The number of carbonyl (C=O) groups is 2. The standard InChI is InChI=1S/C21H23N5O2/c1-15(18-6-10-20(11-7-18)26-14-22-13-23-26)25(3)21(28)12-17-4-8-19(9-5-17)24-16(2)27/h4-11,13-15H,12H2,1-3H3,(H,24,27)/t15-/m1/s1. The molecule has 144 valence electrons. The van der Waals surface area contributed by atoms with Crippen LogP contribution in [0.15, 0.2) is 61.2 Å². The maximum absolute atomic E-state index is 12.7. The molecule has 7 nitrogen and oxygen atoms in total. The summed E-state index contributed by atoms with van der Waals surface area (Å²) in [5.41, 5.74) is 3.58. The number of likely N-dealkylation sites (N-methyl/N-ethyl adjacent to an activating group) is 1. The van der Waals surface area contributed by atoms with Crippen LogP contribution in [0.2, 0.25) is 0 Å². The van der Waals surface area contributed by atoms with Gasteiger partial charge < -0.3 is 10.2 Å². The molecule has 2 aromatic carbocycles. The molecule has 1 atom stereocenters. The summed E-state index contributed by atoms with van der Waals surface area (Å²) in [4.78, 5) is 29.4. The summed E-state index contributed by atoms with van der Waals surface area (Å²) < 4.78 is 1.69. The van der Waals surface area contributed by atoms with E-state index >= 15 is 0 Å². The van der Waals surface area contributed by atoms with Crippen molar-refractivity contribution in [3.8, 4) is 5.69 Å². The number of anilines is 1. The monoisotopic (exact) mass is 377 g/mol. The topological polar surface area (TPSA) is 80.1 Å². The van der Waals surface area contributed by atoms with Crippen LogP contribution in [0.3, 0.4) is 0 Å². The number of amides is 2. The Bertz CT molecular complexity index is 934. The minimum atomic E-state index is -0.118. The molecule has 0 bridgehead atoms. The van der Waals surface area contributed by atoms with Gasteiger partial charge in [0.25, 0.3) is 0 Å². The molecule has 1 N–H and O–H groups in total. The summed E-state index contributed by atoms with van der Waals surface area (Å²) in [6.45, 7) is 3.47. The molecule has 0 saturated heterocycles. The summed E-state index contributed by atoms with van der Waals surface area (Å²) in [5, 5.41) is 6.83. The Morgan fingerprint density at radius 3 is 2.36 bits per heavy atom. The number of rotatable bonds is 6. The Kier molecular flexibility index (Phi) is 5.84. The van der Waals surface area contributed by atoms with Crippen LogP contribution in [-0.2, 0) is 16.0 Å². The van der Waals surface area contributed by atoms with Gasteiger partial charge in [0.2, 0.25) is 11.8 Å². The molecule has 0 aliphatic carbocycles. The minimum Gasteiger partial charge on any atom is -0.339 e. The van der Waals surface area contributed by atoms with E-state index in [0.29, 0.717) is 6.42 Å². The molecule has 2 amide bonds. The van der Waals surface area contributed by atoms with E-state index < -0.39 is 0 Å². The van der Waals surface area contributed by atoms with Crippen molar-refractivity contribution < 1.29 is 9.59 Å². The van der Waals surface area contributed by atoms with Crippen molar-refractivity contribution in [3.05, 3.63) is 72.3 Å². The third kappa shape index (κ3) is 4.62. The molecule has 1 heterocycles. The molecule has 7 heteroatoms. The van der Waals surface area contributed by atoms with Crippen molar-refractivity contribution in [1.29, 1.82) is 0 Å². The van der Waals surface area contributed by atoms with Crippen molar-refractivity contribution in [2.24, 2.45) is 0 Å². The lowest BCUT2D eigenvalue weighted by Gasteiger charge is -2.25. The molecule has 28 heavy (non-hydrogen) atoms. The predicted molar refractivity (Wildman–Crippen MR) is 107 cm³/mol. The summed E-state index contributed by atoms with van der Waals surface area (Å²) in [5.74, 6) is -0.0904. The number of aromatic nitrogens is 3. The number of hydrogen-bond donors (Lipinski definition) is 1. The second kappa shape index (κ2) is 8.47. The largest absolute Gasteiger partial charge is 0.339 e. The fraction of sp³-hybridized carbons (Fsp3) is 0.238. The van der Waals surface area contributed by atoms with Gasteiger partial charge in [-0.15, -0.1) is 0 Å². The number of benzene rings is 2. The first-order valence-electron chi connectivity index (χ1n) is 9.01. The molecule has 0 aliphatic rings. The lowest BCUT2D eigenvalue weighted by Crippen LogP contribution is -2.31. The van der Waals surface area contributed by atoms with Crippen LogP contribution in [0, 0.1) is 0 Å². The first-order valence-corrected chi connectivity index (χ1v) is 9.01. The quantitative estimate of drug-likeness (QED) is 0.716. The van der Waals surface area contributed by atoms with Crippen LogP contribution in [-0.4, -0.2) is 38.5 Å². The van der Waals surface area contributed by atoms with E-state index in [0.717, 1.165) is 22.5 Å². The van der Waals surface area contributed by atoms with E-state index in [2.05, 4.69) is 15.4 Å². The van der Waals surface area contributed by atoms with Gasteiger partial charge in [0.15, 0.2) is 0 Å². The van der Waals surface area contributed by atoms with Crippen LogP contribution >= 0.6 is 0 Å². The fourth-order valence-electron chi connectivity index (χ4n) is 2.90. The second-order valence-corrected chi connectivity index (χ2v) is 6.67. The summed E-state index contributed by atoms with van der Waals surface area (Å²) in [6.07, 6.45) is 3.44. The van der Waals surface area contributed by atoms with Crippen molar-refractivity contribution in [1.82, 2.24) is 19.7 Å². The van der Waals surface area contributed by atoms with Gasteiger partial charge in [0.1, 0.15) is 12.7 Å². The average Bonchev–Trinajstić information content (AvgIpc) is 3.23. The summed E-state index contributed by atoms with van der Waals surface area (Å²) in [6, 6.07) is 15.2. The van der Waals surface area contributed by atoms with Gasteiger partial charge in [-0.3, -0.25) is 9.59 Å². The molecule has 0 radical (unpaired) electrons. The highest BCUT2D eigenvalue weighted by Crippen LogP contribution is 2.21. The maximum atomic E-state index is 12.7. The normalized spacial score (nSPS) is 11.7. The Balaban J connectivity index is 1.63. The molecule has 0 aliphatic heterocycles. The Hall–Kier alpha value is -3.48.